The van der Waals surface area contributed by atoms with Crippen molar-refractivity contribution < 1.29 is 126 Å². The van der Waals surface area contributed by atoms with Crippen molar-refractivity contribution in [3.63, 3.8) is 0 Å². The van der Waals surface area contributed by atoms with Crippen LogP contribution in [-0.2, 0) is 157 Å². The van der Waals surface area contributed by atoms with Crippen molar-refractivity contribution in [2.45, 2.75) is 138 Å². The second-order valence-corrected chi connectivity index (χ2v) is 29.8. The molecule has 1 fully saturated rings. The van der Waals surface area contributed by atoms with Crippen LogP contribution in [0.1, 0.15) is 91.6 Å². The molecule has 6 atom stereocenters. The molecule has 0 saturated heterocycles. The van der Waals surface area contributed by atoms with Gasteiger partial charge in [-0.2, -0.15) is 0 Å². The average Bonchev–Trinajstić information content (AvgIpc) is 0.744. The average molecular weight is 1580 g/mol. The second-order valence-electron chi connectivity index (χ2n) is 24.9. The van der Waals surface area contributed by atoms with Crippen LogP contribution in [0.25, 0.3) is 0 Å². The van der Waals surface area contributed by atoms with E-state index in [1.54, 1.807) is 91.0 Å². The van der Waals surface area contributed by atoms with Gasteiger partial charge in [-0.3, -0.25) is 69.5 Å². The summed E-state index contributed by atoms with van der Waals surface area (Å²) in [5, 5.41) is 0. The van der Waals surface area contributed by atoms with Gasteiger partial charge in [-0.25, -0.2) is 13.7 Å². The topological polar surface area (TPSA) is 320 Å². The number of rotatable bonds is 39. The first-order chi connectivity index (χ1) is 53.4. The highest BCUT2D eigenvalue weighted by Gasteiger charge is 2.61. The van der Waals surface area contributed by atoms with E-state index in [-0.39, 0.29) is 54.3 Å². The summed E-state index contributed by atoms with van der Waals surface area (Å²) in [4.78, 5) is 72.4. The second kappa shape index (κ2) is 40.8. The third-order valence-corrected chi connectivity index (χ3v) is 20.2. The van der Waals surface area contributed by atoms with Gasteiger partial charge in [0.2, 0.25) is 0 Å². The van der Waals surface area contributed by atoms with Gasteiger partial charge in [0.25, 0.3) is 0 Å². The molecule has 27 nitrogen and oxygen atoms in total. The summed E-state index contributed by atoms with van der Waals surface area (Å²) in [6.45, 7) is 3.13. The van der Waals surface area contributed by atoms with Gasteiger partial charge in [0, 0.05) is 41.5 Å². The predicted molar refractivity (Wildman–Crippen MR) is 398 cm³/mol. The van der Waals surface area contributed by atoms with Crippen LogP contribution in [0.3, 0.4) is 0 Å². The summed E-state index contributed by atoms with van der Waals surface area (Å²) in [6, 6.07) is 62.6. The van der Waals surface area contributed by atoms with E-state index in [4.69, 9.17) is 83.3 Å². The number of hydrogen-bond donors (Lipinski definition) is 0. The molecule has 9 aromatic rings. The summed E-state index contributed by atoms with van der Waals surface area (Å²) >= 11 is 0. The zero-order valence-electron chi connectivity index (χ0n) is 61.2. The first-order valence-electron chi connectivity index (χ1n) is 34.7. The smallest absolute Gasteiger partial charge is 0.427 e. The van der Waals surface area contributed by atoms with E-state index in [0.29, 0.717) is 50.1 Å². The Balaban J connectivity index is 1.21. The van der Waals surface area contributed by atoms with Crippen LogP contribution < -0.4 is 28.4 Å². The maximum atomic E-state index is 16.8. The molecule has 0 spiro atoms. The standard InChI is InChI=1S/C81H81O27P3/c1-55(82)100-70-34-22-64(23-35-70)49-94-109(88,95-50-65-24-36-71(37-25-65)101-56(2)83)106-79-77(92-47-62-18-12-8-13-19-62)76(91-46-61-16-10-7-11-17-61)78(93-48-63-20-14-9-15-21-63)80(107-110(89,96-51-66-26-38-72(39-27-66)102-57(3)84)97-52-67-28-40-73(41-29-67)103-58(4)85)81(79)108-111(90,98-53-68-30-42-74(43-31-68)104-59(5)86)99-54-69-32-44-75(45-33-69)105-60(6)87/h7-45,76-81H,46-54H2,1-6H3/t76?,77-,78+,79-,80-,81?/m0/s1. The molecule has 0 aromatic heterocycles. The van der Waals surface area contributed by atoms with Gasteiger partial charge in [0.05, 0.1) is 59.5 Å². The van der Waals surface area contributed by atoms with Gasteiger partial charge in [0.15, 0.2) is 0 Å². The molecule has 30 heteroatoms. The van der Waals surface area contributed by atoms with Crippen LogP contribution in [0.4, 0.5) is 0 Å². The van der Waals surface area contributed by atoms with Crippen LogP contribution in [-0.4, -0.2) is 72.4 Å². The molecule has 1 aliphatic rings. The number of ether oxygens (including phenoxy) is 9. The van der Waals surface area contributed by atoms with Crippen molar-refractivity contribution in [1.82, 2.24) is 0 Å². The minimum absolute atomic E-state index is 0.159. The lowest BCUT2D eigenvalue weighted by atomic mass is 9.84. The van der Waals surface area contributed by atoms with Crippen molar-refractivity contribution in [3.05, 3.63) is 287 Å². The largest absolute Gasteiger partial charge is 0.475 e. The van der Waals surface area contributed by atoms with E-state index in [0.717, 1.165) is 0 Å². The third kappa shape index (κ3) is 27.2. The zero-order valence-corrected chi connectivity index (χ0v) is 63.9. The molecular weight excluding hydrogens is 1500 g/mol. The highest BCUT2D eigenvalue weighted by atomic mass is 31.2. The Labute approximate surface area is 640 Å². The highest BCUT2D eigenvalue weighted by molar-refractivity contribution is 7.49. The molecule has 582 valence electrons. The number of carbonyl (C=O) groups is 6. The molecule has 111 heavy (non-hydrogen) atoms. The molecule has 0 amide bonds. The lowest BCUT2D eigenvalue weighted by molar-refractivity contribution is -0.256. The number of carbonyl (C=O) groups excluding carboxylic acids is 6. The van der Waals surface area contributed by atoms with Crippen molar-refractivity contribution >= 4 is 59.3 Å². The van der Waals surface area contributed by atoms with Crippen LogP contribution >= 0.6 is 23.5 Å². The predicted octanol–water partition coefficient (Wildman–Crippen LogP) is 16.1. The minimum atomic E-state index is -5.46. The zero-order chi connectivity index (χ0) is 78.8. The molecule has 0 N–H and O–H groups in total. The van der Waals surface area contributed by atoms with E-state index in [1.165, 1.54) is 187 Å². The summed E-state index contributed by atoms with van der Waals surface area (Å²) < 4.78 is 163. The molecule has 1 aliphatic carbocycles. The van der Waals surface area contributed by atoms with Crippen molar-refractivity contribution in [1.29, 1.82) is 0 Å². The first-order valence-corrected chi connectivity index (χ1v) is 39.1. The van der Waals surface area contributed by atoms with Gasteiger partial charge in [-0.05, 0) is 123 Å². The minimum Gasteiger partial charge on any atom is -0.427 e. The van der Waals surface area contributed by atoms with Crippen molar-refractivity contribution in [2.75, 3.05) is 0 Å². The number of benzene rings is 9. The third-order valence-electron chi connectivity index (χ3n) is 16.0. The summed E-state index contributed by atoms with van der Waals surface area (Å²) in [5.41, 5.74) is 3.73. The molecular formula is C81H81O27P3. The van der Waals surface area contributed by atoms with E-state index in [1.807, 2.05) is 0 Å². The summed E-state index contributed by atoms with van der Waals surface area (Å²) in [6.07, 6.45) is -11.6. The normalized spacial score (nSPS) is 16.4. The maximum Gasteiger partial charge on any atom is 0.475 e. The van der Waals surface area contributed by atoms with E-state index in [9.17, 15) is 28.8 Å². The van der Waals surface area contributed by atoms with Gasteiger partial charge in [-0.1, -0.05) is 164 Å². The number of esters is 6. The molecule has 0 aliphatic heterocycles. The Bertz CT molecular complexity index is 4270. The number of phosphoric ester groups is 3. The van der Waals surface area contributed by atoms with Gasteiger partial charge in [0.1, 0.15) is 71.1 Å². The first kappa shape index (κ1) is 83.5. The monoisotopic (exact) mass is 1580 g/mol. The molecule has 1 saturated carbocycles. The van der Waals surface area contributed by atoms with Gasteiger partial charge >= 0.3 is 59.3 Å². The maximum absolute atomic E-state index is 16.8. The van der Waals surface area contributed by atoms with Gasteiger partial charge in [-0.15, -0.1) is 0 Å². The Morgan fingerprint density at radius 1 is 0.216 bits per heavy atom. The van der Waals surface area contributed by atoms with Crippen LogP contribution in [0.5, 0.6) is 34.5 Å². The number of phosphoric acid groups is 3. The SMILES string of the molecule is CC(=O)Oc1ccc(COP(=O)(OCc2ccc(OC(C)=O)cc2)OC2[C@@H](OP(=O)(OCc3ccc(OC(C)=O)cc3)OCc3ccc(OC(C)=O)cc3)[C@H](OCc3ccccc3)C(OCc3ccccc3)[C@H](OCc3ccccc3)[C@@H]2OP(=O)(OCc2ccc(OC(C)=O)cc2)OCc2ccc(OC(C)=O)cc2)cc1. The quantitative estimate of drug-likeness (QED) is 0.0196. The molecule has 0 bridgehead atoms. The van der Waals surface area contributed by atoms with E-state index >= 15 is 13.7 Å². The Hall–Kier alpha value is -9.99. The number of hydrogen-bond acceptors (Lipinski definition) is 27. The van der Waals surface area contributed by atoms with Crippen LogP contribution in [0.2, 0.25) is 0 Å². The summed E-state index contributed by atoms with van der Waals surface area (Å²) in [7, 11) is -16.3. The molecule has 9 aromatic carbocycles. The van der Waals surface area contributed by atoms with Crippen LogP contribution in [0, 0.1) is 0 Å². The lowest BCUT2D eigenvalue weighted by Gasteiger charge is -2.50. The molecule has 0 radical (unpaired) electrons. The van der Waals surface area contributed by atoms with Crippen molar-refractivity contribution in [2.24, 2.45) is 0 Å². The van der Waals surface area contributed by atoms with E-state index < -0.39 is 136 Å². The summed E-state index contributed by atoms with van der Waals surface area (Å²) in [5.74, 6) is -2.60. The Morgan fingerprint density at radius 3 is 0.541 bits per heavy atom. The Morgan fingerprint density at radius 2 is 0.369 bits per heavy atom. The van der Waals surface area contributed by atoms with Crippen molar-refractivity contribution in [3.8, 4) is 34.5 Å². The lowest BCUT2D eigenvalue weighted by Crippen LogP contribution is -2.67. The Kier molecular flexibility index (Phi) is 30.7. The molecule has 0 heterocycles. The fourth-order valence-electron chi connectivity index (χ4n) is 10.9. The highest BCUT2D eigenvalue weighted by Crippen LogP contribution is 2.61. The van der Waals surface area contributed by atoms with Gasteiger partial charge < -0.3 is 42.6 Å². The fourth-order valence-corrected chi connectivity index (χ4v) is 15.0. The molecule has 10 rings (SSSR count). The van der Waals surface area contributed by atoms with E-state index in [2.05, 4.69) is 0 Å². The van der Waals surface area contributed by atoms with Crippen LogP contribution in [0.15, 0.2) is 237 Å². The molecule has 2 unspecified atom stereocenters. The fraction of sp³-hybridized carbons (Fsp3) is 0.259.